The Morgan fingerprint density at radius 1 is 1.37 bits per heavy atom. The summed E-state index contributed by atoms with van der Waals surface area (Å²) in [6.45, 7) is 5.89. The molecule has 0 aliphatic carbocycles. The van der Waals surface area contributed by atoms with Gasteiger partial charge in [0, 0.05) is 32.7 Å². The molecular formula is C15H24FN3. The van der Waals surface area contributed by atoms with Gasteiger partial charge in [0.2, 0.25) is 0 Å². The summed E-state index contributed by atoms with van der Waals surface area (Å²) in [5.41, 5.74) is 7.06. The molecule has 0 amide bonds. The lowest BCUT2D eigenvalue weighted by Gasteiger charge is -2.37. The molecule has 2 N–H and O–H groups in total. The lowest BCUT2D eigenvalue weighted by molar-refractivity contribution is 0.220. The monoisotopic (exact) mass is 265 g/mol. The average molecular weight is 265 g/mol. The maximum atomic E-state index is 14.1. The summed E-state index contributed by atoms with van der Waals surface area (Å²) in [7, 11) is 1.99. The van der Waals surface area contributed by atoms with Gasteiger partial charge in [-0.2, -0.15) is 0 Å². The highest BCUT2D eigenvalue weighted by Gasteiger charge is 2.23. The van der Waals surface area contributed by atoms with Gasteiger partial charge in [-0.3, -0.25) is 0 Å². The Balaban J connectivity index is 2.05. The number of hydrogen-bond acceptors (Lipinski definition) is 3. The number of hydrogen-bond donors (Lipinski definition) is 1. The fraction of sp³-hybridized carbons (Fsp3) is 0.600. The number of anilines is 1. The second-order valence-corrected chi connectivity index (χ2v) is 5.27. The van der Waals surface area contributed by atoms with Crippen molar-refractivity contribution < 1.29 is 4.39 Å². The van der Waals surface area contributed by atoms with Crippen LogP contribution in [-0.2, 0) is 6.54 Å². The van der Waals surface area contributed by atoms with E-state index in [4.69, 9.17) is 5.73 Å². The molecule has 3 nitrogen and oxygen atoms in total. The van der Waals surface area contributed by atoms with Crippen molar-refractivity contribution in [2.24, 2.45) is 5.73 Å². The first-order chi connectivity index (χ1) is 9.15. The molecule has 0 saturated carbocycles. The predicted molar refractivity (Wildman–Crippen MR) is 77.8 cm³/mol. The highest BCUT2D eigenvalue weighted by atomic mass is 19.1. The minimum absolute atomic E-state index is 0.164. The van der Waals surface area contributed by atoms with E-state index in [2.05, 4.69) is 16.7 Å². The Bertz CT molecular complexity index is 414. The number of nitrogens with two attached hydrogens (primary N) is 1. The first-order valence-electron chi connectivity index (χ1n) is 7.09. The smallest absolute Gasteiger partial charge is 0.146 e. The lowest BCUT2D eigenvalue weighted by atomic mass is 10.0. The van der Waals surface area contributed by atoms with Gasteiger partial charge < -0.3 is 15.5 Å². The molecule has 19 heavy (non-hydrogen) atoms. The van der Waals surface area contributed by atoms with E-state index < -0.39 is 0 Å². The van der Waals surface area contributed by atoms with Crippen LogP contribution in [0.25, 0.3) is 0 Å². The maximum Gasteiger partial charge on any atom is 0.146 e. The number of piperidine rings is 1. The van der Waals surface area contributed by atoms with Crippen LogP contribution >= 0.6 is 0 Å². The summed E-state index contributed by atoms with van der Waals surface area (Å²) in [5, 5.41) is 0. The molecule has 1 aromatic rings. The molecule has 1 aliphatic rings. The molecule has 0 aromatic heterocycles. The van der Waals surface area contributed by atoms with E-state index in [1.54, 1.807) is 6.07 Å². The second kappa shape index (κ2) is 6.35. The first kappa shape index (κ1) is 14.3. The van der Waals surface area contributed by atoms with Crippen LogP contribution in [0, 0.1) is 5.82 Å². The van der Waals surface area contributed by atoms with Crippen molar-refractivity contribution >= 4 is 5.69 Å². The third kappa shape index (κ3) is 3.25. The minimum atomic E-state index is -0.164. The summed E-state index contributed by atoms with van der Waals surface area (Å²) >= 11 is 0. The van der Waals surface area contributed by atoms with Crippen LogP contribution < -0.4 is 10.6 Å². The van der Waals surface area contributed by atoms with E-state index >= 15 is 0 Å². The van der Waals surface area contributed by atoms with Crippen molar-refractivity contribution in [1.29, 1.82) is 0 Å². The standard InChI is InChI=1S/C15H24FN3/c1-3-19-8-6-13(7-9-19)18(2)15-5-4-12(11-17)10-14(15)16/h4-5,10,13H,3,6-9,11,17H2,1-2H3. The van der Waals surface area contributed by atoms with Crippen molar-refractivity contribution in [3.8, 4) is 0 Å². The molecule has 1 heterocycles. The Kier molecular flexibility index (Phi) is 4.77. The quantitative estimate of drug-likeness (QED) is 0.906. The van der Waals surface area contributed by atoms with Gasteiger partial charge in [0.15, 0.2) is 0 Å². The predicted octanol–water partition coefficient (Wildman–Crippen LogP) is 2.20. The molecule has 1 aromatic carbocycles. The molecule has 2 rings (SSSR count). The van der Waals surface area contributed by atoms with Gasteiger partial charge in [-0.1, -0.05) is 13.0 Å². The van der Waals surface area contributed by atoms with Crippen molar-refractivity contribution in [2.45, 2.75) is 32.4 Å². The zero-order valence-corrected chi connectivity index (χ0v) is 11.9. The Morgan fingerprint density at radius 3 is 2.58 bits per heavy atom. The van der Waals surface area contributed by atoms with E-state index in [9.17, 15) is 4.39 Å². The van der Waals surface area contributed by atoms with Crippen molar-refractivity contribution in [2.75, 3.05) is 31.6 Å². The lowest BCUT2D eigenvalue weighted by Crippen LogP contribution is -2.43. The van der Waals surface area contributed by atoms with E-state index in [0.717, 1.165) is 38.0 Å². The van der Waals surface area contributed by atoms with Gasteiger partial charge in [0.05, 0.1) is 5.69 Å². The Hall–Kier alpha value is -1.13. The third-order valence-electron chi connectivity index (χ3n) is 4.18. The number of rotatable bonds is 4. The van der Waals surface area contributed by atoms with E-state index in [1.807, 2.05) is 19.2 Å². The van der Waals surface area contributed by atoms with Gasteiger partial charge in [-0.05, 0) is 37.1 Å². The third-order valence-corrected chi connectivity index (χ3v) is 4.18. The summed E-state index contributed by atoms with van der Waals surface area (Å²) in [6.07, 6.45) is 2.20. The molecule has 1 saturated heterocycles. The summed E-state index contributed by atoms with van der Waals surface area (Å²) in [6, 6.07) is 5.74. The first-order valence-corrected chi connectivity index (χ1v) is 7.09. The van der Waals surface area contributed by atoms with Gasteiger partial charge in [0.1, 0.15) is 5.82 Å². The topological polar surface area (TPSA) is 32.5 Å². The van der Waals surface area contributed by atoms with Gasteiger partial charge in [-0.15, -0.1) is 0 Å². The van der Waals surface area contributed by atoms with Gasteiger partial charge in [0.25, 0.3) is 0 Å². The molecule has 1 aliphatic heterocycles. The number of benzene rings is 1. The molecule has 0 spiro atoms. The Morgan fingerprint density at radius 2 is 2.05 bits per heavy atom. The van der Waals surface area contributed by atoms with Crippen LogP contribution in [0.15, 0.2) is 18.2 Å². The number of nitrogens with zero attached hydrogens (tertiary/aromatic N) is 2. The number of halogens is 1. The maximum absolute atomic E-state index is 14.1. The van der Waals surface area contributed by atoms with Crippen LogP contribution in [0.2, 0.25) is 0 Å². The molecule has 106 valence electrons. The fourth-order valence-electron chi connectivity index (χ4n) is 2.78. The van der Waals surface area contributed by atoms with Crippen molar-refractivity contribution in [3.63, 3.8) is 0 Å². The summed E-state index contributed by atoms with van der Waals surface area (Å²) in [4.78, 5) is 4.53. The highest BCUT2D eigenvalue weighted by Crippen LogP contribution is 2.25. The van der Waals surface area contributed by atoms with Crippen LogP contribution in [0.5, 0.6) is 0 Å². The van der Waals surface area contributed by atoms with Crippen LogP contribution in [0.3, 0.4) is 0 Å². The molecule has 0 atom stereocenters. The SMILES string of the molecule is CCN1CCC(N(C)c2ccc(CN)cc2F)CC1. The second-order valence-electron chi connectivity index (χ2n) is 5.27. The molecule has 0 unspecified atom stereocenters. The molecule has 1 fully saturated rings. The minimum Gasteiger partial charge on any atom is -0.369 e. The Labute approximate surface area is 115 Å². The van der Waals surface area contributed by atoms with Gasteiger partial charge >= 0.3 is 0 Å². The molecular weight excluding hydrogens is 241 g/mol. The van der Waals surface area contributed by atoms with E-state index in [-0.39, 0.29) is 5.82 Å². The van der Waals surface area contributed by atoms with Crippen molar-refractivity contribution in [1.82, 2.24) is 4.90 Å². The molecule has 0 bridgehead atoms. The largest absolute Gasteiger partial charge is 0.369 e. The van der Waals surface area contributed by atoms with Gasteiger partial charge in [-0.25, -0.2) is 4.39 Å². The highest BCUT2D eigenvalue weighted by molar-refractivity contribution is 5.49. The zero-order valence-electron chi connectivity index (χ0n) is 11.9. The van der Waals surface area contributed by atoms with E-state index in [0.29, 0.717) is 18.3 Å². The zero-order chi connectivity index (χ0) is 13.8. The van der Waals surface area contributed by atoms with Crippen LogP contribution in [0.4, 0.5) is 10.1 Å². The average Bonchev–Trinajstić information content (AvgIpc) is 2.46. The van der Waals surface area contributed by atoms with Crippen LogP contribution in [0.1, 0.15) is 25.3 Å². The number of likely N-dealkylation sites (tertiary alicyclic amines) is 1. The normalized spacial score (nSPS) is 17.7. The summed E-state index contributed by atoms with van der Waals surface area (Å²) in [5.74, 6) is -0.164. The summed E-state index contributed by atoms with van der Waals surface area (Å²) < 4.78 is 14.1. The molecule has 0 radical (unpaired) electrons. The van der Waals surface area contributed by atoms with Crippen molar-refractivity contribution in [3.05, 3.63) is 29.6 Å². The van der Waals surface area contributed by atoms with Crippen LogP contribution in [-0.4, -0.2) is 37.6 Å². The van der Waals surface area contributed by atoms with E-state index in [1.165, 1.54) is 0 Å². The fourth-order valence-corrected chi connectivity index (χ4v) is 2.78. The molecule has 4 heteroatoms.